The monoisotopic (exact) mass is 241 g/mol. The molecule has 0 aromatic carbocycles. The lowest BCUT2D eigenvalue weighted by molar-refractivity contribution is -0.138. The van der Waals surface area contributed by atoms with E-state index >= 15 is 0 Å². The number of hydrogen-bond donors (Lipinski definition) is 1. The summed E-state index contributed by atoms with van der Waals surface area (Å²) in [5.41, 5.74) is 0. The number of piperazine rings is 1. The molecule has 1 fully saturated rings. The molecular formula is C13H27N3O. The van der Waals surface area contributed by atoms with Crippen LogP contribution >= 0.6 is 0 Å². The van der Waals surface area contributed by atoms with Crippen LogP contribution in [0.15, 0.2) is 0 Å². The number of likely N-dealkylation sites (N-methyl/N-ethyl adjacent to an activating group) is 1. The molecule has 1 saturated heterocycles. The molecule has 17 heavy (non-hydrogen) atoms. The van der Waals surface area contributed by atoms with Crippen molar-refractivity contribution in [3.8, 4) is 0 Å². The molecule has 1 aliphatic rings. The van der Waals surface area contributed by atoms with Crippen molar-refractivity contribution < 1.29 is 4.79 Å². The molecule has 1 N–H and O–H groups in total. The standard InChI is InChI=1S/C13H27N3O/c1-5-15(6-2)13(17)12(11(3)4)16-9-7-14-8-10-16/h11-12,14H,5-10H2,1-4H3. The van der Waals surface area contributed by atoms with Crippen molar-refractivity contribution in [1.82, 2.24) is 15.1 Å². The van der Waals surface area contributed by atoms with Crippen LogP contribution in [0.3, 0.4) is 0 Å². The summed E-state index contributed by atoms with van der Waals surface area (Å²) in [5, 5.41) is 3.34. The highest BCUT2D eigenvalue weighted by atomic mass is 16.2. The molecule has 0 aromatic heterocycles. The van der Waals surface area contributed by atoms with Crippen molar-refractivity contribution in [2.24, 2.45) is 5.92 Å². The van der Waals surface area contributed by atoms with E-state index in [1.807, 2.05) is 4.90 Å². The Kier molecular flexibility index (Phi) is 5.92. The zero-order valence-electron chi connectivity index (χ0n) is 11.7. The first-order valence-corrected chi connectivity index (χ1v) is 6.85. The first-order chi connectivity index (χ1) is 8.11. The maximum atomic E-state index is 12.5. The van der Waals surface area contributed by atoms with Crippen molar-refractivity contribution in [3.63, 3.8) is 0 Å². The fourth-order valence-electron chi connectivity index (χ4n) is 2.55. The third-order valence-corrected chi connectivity index (χ3v) is 3.50. The van der Waals surface area contributed by atoms with Crippen LogP contribution in [0.1, 0.15) is 27.7 Å². The molecule has 1 rings (SSSR count). The Bertz CT molecular complexity index is 233. The highest BCUT2D eigenvalue weighted by molar-refractivity contribution is 5.82. The molecule has 0 bridgehead atoms. The lowest BCUT2D eigenvalue weighted by atomic mass is 10.00. The Morgan fingerprint density at radius 2 is 1.76 bits per heavy atom. The summed E-state index contributed by atoms with van der Waals surface area (Å²) in [6, 6.07) is 0.0528. The second-order valence-corrected chi connectivity index (χ2v) is 4.99. The van der Waals surface area contributed by atoms with Gasteiger partial charge in [0.2, 0.25) is 5.91 Å². The highest BCUT2D eigenvalue weighted by Gasteiger charge is 2.31. The lowest BCUT2D eigenvalue weighted by Gasteiger charge is -2.38. The SMILES string of the molecule is CCN(CC)C(=O)C(C(C)C)N1CCNCC1. The van der Waals surface area contributed by atoms with Crippen molar-refractivity contribution in [1.29, 1.82) is 0 Å². The molecule has 4 nitrogen and oxygen atoms in total. The van der Waals surface area contributed by atoms with Gasteiger partial charge in [0.1, 0.15) is 0 Å². The number of rotatable bonds is 5. The predicted molar refractivity (Wildman–Crippen MR) is 71.0 cm³/mol. The van der Waals surface area contributed by atoms with Crippen LogP contribution in [0.25, 0.3) is 0 Å². The number of amides is 1. The van der Waals surface area contributed by atoms with Crippen LogP contribution in [0.5, 0.6) is 0 Å². The van der Waals surface area contributed by atoms with Gasteiger partial charge >= 0.3 is 0 Å². The third kappa shape index (κ3) is 3.68. The Labute approximate surface area is 105 Å². The summed E-state index contributed by atoms with van der Waals surface area (Å²) in [6.07, 6.45) is 0. The van der Waals surface area contributed by atoms with Gasteiger partial charge in [-0.25, -0.2) is 0 Å². The second kappa shape index (κ2) is 6.97. The molecule has 0 aromatic rings. The van der Waals surface area contributed by atoms with Gasteiger partial charge in [-0.3, -0.25) is 9.69 Å². The van der Waals surface area contributed by atoms with Gasteiger partial charge in [-0.05, 0) is 19.8 Å². The molecule has 0 aliphatic carbocycles. The van der Waals surface area contributed by atoms with Gasteiger partial charge in [-0.2, -0.15) is 0 Å². The molecule has 1 unspecified atom stereocenters. The van der Waals surface area contributed by atoms with Gasteiger partial charge in [-0.15, -0.1) is 0 Å². The Morgan fingerprint density at radius 1 is 1.24 bits per heavy atom. The summed E-state index contributed by atoms with van der Waals surface area (Å²) >= 11 is 0. The van der Waals surface area contributed by atoms with Gasteiger partial charge in [0.05, 0.1) is 6.04 Å². The van der Waals surface area contributed by atoms with Crippen molar-refractivity contribution in [2.75, 3.05) is 39.3 Å². The van der Waals surface area contributed by atoms with E-state index in [1.165, 1.54) is 0 Å². The quantitative estimate of drug-likeness (QED) is 0.773. The number of carbonyl (C=O) groups excluding carboxylic acids is 1. The average Bonchev–Trinajstić information content (AvgIpc) is 2.31. The van der Waals surface area contributed by atoms with Crippen LogP contribution in [0, 0.1) is 5.92 Å². The molecule has 1 aliphatic heterocycles. The van der Waals surface area contributed by atoms with E-state index in [2.05, 4.69) is 37.9 Å². The second-order valence-electron chi connectivity index (χ2n) is 4.99. The fourth-order valence-corrected chi connectivity index (χ4v) is 2.55. The minimum Gasteiger partial charge on any atom is -0.342 e. The third-order valence-electron chi connectivity index (χ3n) is 3.50. The first-order valence-electron chi connectivity index (χ1n) is 6.85. The smallest absolute Gasteiger partial charge is 0.240 e. The van der Waals surface area contributed by atoms with E-state index in [0.717, 1.165) is 39.3 Å². The summed E-state index contributed by atoms with van der Waals surface area (Å²) in [5.74, 6) is 0.674. The molecular weight excluding hydrogens is 214 g/mol. The van der Waals surface area contributed by atoms with Gasteiger partial charge in [0.25, 0.3) is 0 Å². The predicted octanol–water partition coefficient (Wildman–Crippen LogP) is 0.785. The lowest BCUT2D eigenvalue weighted by Crippen LogP contribution is -2.56. The van der Waals surface area contributed by atoms with Crippen LogP contribution in [-0.4, -0.2) is 61.0 Å². The number of carbonyl (C=O) groups is 1. The van der Waals surface area contributed by atoms with Crippen molar-refractivity contribution in [2.45, 2.75) is 33.7 Å². The fraction of sp³-hybridized carbons (Fsp3) is 0.923. The molecule has 0 saturated carbocycles. The number of hydrogen-bond acceptors (Lipinski definition) is 3. The first kappa shape index (κ1) is 14.5. The van der Waals surface area contributed by atoms with Crippen molar-refractivity contribution in [3.05, 3.63) is 0 Å². The molecule has 0 radical (unpaired) electrons. The Hall–Kier alpha value is -0.610. The van der Waals surface area contributed by atoms with E-state index in [1.54, 1.807) is 0 Å². The van der Waals surface area contributed by atoms with E-state index in [-0.39, 0.29) is 6.04 Å². The van der Waals surface area contributed by atoms with Crippen LogP contribution in [-0.2, 0) is 4.79 Å². The molecule has 4 heteroatoms. The minimum atomic E-state index is 0.0528. The van der Waals surface area contributed by atoms with Crippen molar-refractivity contribution >= 4 is 5.91 Å². The van der Waals surface area contributed by atoms with Crippen LogP contribution < -0.4 is 5.32 Å². The van der Waals surface area contributed by atoms with E-state index in [9.17, 15) is 4.79 Å². The van der Waals surface area contributed by atoms with Gasteiger partial charge < -0.3 is 10.2 Å². The molecule has 1 atom stereocenters. The largest absolute Gasteiger partial charge is 0.342 e. The van der Waals surface area contributed by atoms with Gasteiger partial charge in [0, 0.05) is 39.3 Å². The zero-order chi connectivity index (χ0) is 12.8. The van der Waals surface area contributed by atoms with Gasteiger partial charge in [-0.1, -0.05) is 13.8 Å². The maximum absolute atomic E-state index is 12.5. The van der Waals surface area contributed by atoms with E-state index in [4.69, 9.17) is 0 Å². The van der Waals surface area contributed by atoms with Gasteiger partial charge in [0.15, 0.2) is 0 Å². The van der Waals surface area contributed by atoms with E-state index < -0.39 is 0 Å². The average molecular weight is 241 g/mol. The van der Waals surface area contributed by atoms with Crippen LogP contribution in [0.4, 0.5) is 0 Å². The molecule has 1 amide bonds. The highest BCUT2D eigenvalue weighted by Crippen LogP contribution is 2.14. The minimum absolute atomic E-state index is 0.0528. The topological polar surface area (TPSA) is 35.6 Å². The molecule has 100 valence electrons. The molecule has 0 spiro atoms. The normalized spacial score (nSPS) is 19.4. The zero-order valence-corrected chi connectivity index (χ0v) is 11.7. The number of nitrogens with zero attached hydrogens (tertiary/aromatic N) is 2. The summed E-state index contributed by atoms with van der Waals surface area (Å²) in [4.78, 5) is 16.8. The maximum Gasteiger partial charge on any atom is 0.240 e. The summed E-state index contributed by atoms with van der Waals surface area (Å²) < 4.78 is 0. The van der Waals surface area contributed by atoms with E-state index in [0.29, 0.717) is 11.8 Å². The van der Waals surface area contributed by atoms with Crippen LogP contribution in [0.2, 0.25) is 0 Å². The number of nitrogens with one attached hydrogen (secondary N) is 1. The Balaban J connectivity index is 2.73. The summed E-state index contributed by atoms with van der Waals surface area (Å²) in [7, 11) is 0. The summed E-state index contributed by atoms with van der Waals surface area (Å²) in [6.45, 7) is 14.0. The molecule has 1 heterocycles. The Morgan fingerprint density at radius 3 is 2.18 bits per heavy atom.